The molecular weight excluding hydrogens is 381 g/mol. The van der Waals surface area contributed by atoms with Gasteiger partial charge in [0, 0.05) is 9.13 Å². The van der Waals surface area contributed by atoms with Gasteiger partial charge in [-0.05, 0) is 40.3 Å². The summed E-state index contributed by atoms with van der Waals surface area (Å²) in [6, 6.07) is 18.0. The molecule has 1 heterocycles. The van der Waals surface area contributed by atoms with Gasteiger partial charge < -0.3 is 5.73 Å². The summed E-state index contributed by atoms with van der Waals surface area (Å²) < 4.78 is 1.18. The maximum absolute atomic E-state index is 6.24. The smallest absolute Gasteiger partial charge is 0.147 e. The van der Waals surface area contributed by atoms with Crippen molar-refractivity contribution in [2.24, 2.45) is 5.73 Å². The van der Waals surface area contributed by atoms with Gasteiger partial charge in [-0.1, -0.05) is 53.8 Å². The Bertz CT molecular complexity index is 712. The summed E-state index contributed by atoms with van der Waals surface area (Å²) in [4.78, 5) is 0. The summed E-state index contributed by atoms with van der Waals surface area (Å²) in [5.41, 5.74) is 8.38. The molecule has 1 atom stereocenters. The van der Waals surface area contributed by atoms with Crippen LogP contribution in [0.25, 0.3) is 10.6 Å². The van der Waals surface area contributed by atoms with E-state index in [2.05, 4.69) is 44.9 Å². The predicted molar refractivity (Wildman–Crippen MR) is 90.5 cm³/mol. The first-order valence-corrected chi connectivity index (χ1v) is 8.03. The molecule has 0 amide bonds. The fourth-order valence-corrected chi connectivity index (χ4v) is 3.31. The molecule has 0 radical (unpaired) electrons. The van der Waals surface area contributed by atoms with Crippen molar-refractivity contribution in [3.05, 3.63) is 68.7 Å². The van der Waals surface area contributed by atoms with E-state index in [4.69, 9.17) is 5.73 Å². The third kappa shape index (κ3) is 2.89. The molecule has 3 aromatic rings. The molecule has 0 aliphatic heterocycles. The molecule has 1 aromatic heterocycles. The van der Waals surface area contributed by atoms with Gasteiger partial charge in [-0.3, -0.25) is 0 Å². The Morgan fingerprint density at radius 1 is 1.00 bits per heavy atom. The average Bonchev–Trinajstić information content (AvgIpc) is 2.97. The summed E-state index contributed by atoms with van der Waals surface area (Å²) in [7, 11) is 0. The molecule has 0 fully saturated rings. The first kappa shape index (κ1) is 13.7. The van der Waals surface area contributed by atoms with Gasteiger partial charge in [-0.2, -0.15) is 0 Å². The van der Waals surface area contributed by atoms with Crippen LogP contribution in [0, 0.1) is 3.57 Å². The molecule has 1 unspecified atom stereocenters. The van der Waals surface area contributed by atoms with E-state index in [1.807, 2.05) is 42.5 Å². The number of hydrogen-bond donors (Lipinski definition) is 1. The first-order valence-electron chi connectivity index (χ1n) is 6.14. The van der Waals surface area contributed by atoms with E-state index >= 15 is 0 Å². The van der Waals surface area contributed by atoms with Crippen molar-refractivity contribution in [1.29, 1.82) is 0 Å². The predicted octanol–water partition coefficient (Wildman–Crippen LogP) is 3.86. The minimum atomic E-state index is -0.217. The fourth-order valence-electron chi connectivity index (χ4n) is 1.90. The second-order valence-electron chi connectivity index (χ2n) is 4.34. The molecule has 0 aliphatic rings. The minimum absolute atomic E-state index is 0.217. The van der Waals surface area contributed by atoms with Crippen LogP contribution in [0.1, 0.15) is 16.6 Å². The Labute approximate surface area is 135 Å². The zero-order valence-electron chi connectivity index (χ0n) is 10.5. The van der Waals surface area contributed by atoms with Crippen molar-refractivity contribution < 1.29 is 0 Å². The third-order valence-electron chi connectivity index (χ3n) is 2.94. The van der Waals surface area contributed by atoms with Crippen LogP contribution in [0.3, 0.4) is 0 Å². The van der Waals surface area contributed by atoms with E-state index in [1.165, 1.54) is 3.57 Å². The van der Waals surface area contributed by atoms with Crippen LogP contribution in [0.2, 0.25) is 0 Å². The Hall–Kier alpha value is -1.31. The lowest BCUT2D eigenvalue weighted by molar-refractivity contribution is 0.831. The second-order valence-corrected chi connectivity index (χ2v) is 6.60. The highest BCUT2D eigenvalue weighted by Crippen LogP contribution is 2.29. The van der Waals surface area contributed by atoms with E-state index < -0.39 is 0 Å². The standard InChI is InChI=1S/C15H12IN3S/c16-12-8-4-7-11(9-12)14-18-19-15(20-14)13(17)10-5-2-1-3-6-10/h1-9,13H,17H2. The molecule has 0 spiro atoms. The average molecular weight is 393 g/mol. The number of nitrogens with zero attached hydrogens (tertiary/aromatic N) is 2. The number of halogens is 1. The van der Waals surface area contributed by atoms with Gasteiger partial charge in [0.05, 0.1) is 6.04 Å². The van der Waals surface area contributed by atoms with E-state index in [9.17, 15) is 0 Å². The van der Waals surface area contributed by atoms with E-state index in [0.717, 1.165) is 21.1 Å². The monoisotopic (exact) mass is 393 g/mol. The van der Waals surface area contributed by atoms with Gasteiger partial charge in [-0.15, -0.1) is 10.2 Å². The summed E-state index contributed by atoms with van der Waals surface area (Å²) in [5, 5.41) is 10.2. The van der Waals surface area contributed by atoms with Gasteiger partial charge in [-0.25, -0.2) is 0 Å². The molecular formula is C15H12IN3S. The van der Waals surface area contributed by atoms with Gasteiger partial charge in [0.2, 0.25) is 0 Å². The third-order valence-corrected chi connectivity index (χ3v) is 4.66. The van der Waals surface area contributed by atoms with Crippen molar-refractivity contribution in [3.8, 4) is 10.6 Å². The van der Waals surface area contributed by atoms with Crippen LogP contribution in [0.5, 0.6) is 0 Å². The van der Waals surface area contributed by atoms with Crippen LogP contribution in [-0.2, 0) is 0 Å². The summed E-state index contributed by atoms with van der Waals surface area (Å²) >= 11 is 3.84. The van der Waals surface area contributed by atoms with Gasteiger partial charge >= 0.3 is 0 Å². The molecule has 0 aliphatic carbocycles. The lowest BCUT2D eigenvalue weighted by Gasteiger charge is -2.06. The highest BCUT2D eigenvalue weighted by atomic mass is 127. The first-order chi connectivity index (χ1) is 9.74. The van der Waals surface area contributed by atoms with Crippen molar-refractivity contribution in [1.82, 2.24) is 10.2 Å². The molecule has 20 heavy (non-hydrogen) atoms. The van der Waals surface area contributed by atoms with E-state index in [-0.39, 0.29) is 6.04 Å². The Kier molecular flexibility index (Phi) is 4.09. The van der Waals surface area contributed by atoms with E-state index in [1.54, 1.807) is 11.3 Å². The Morgan fingerprint density at radius 2 is 1.80 bits per heavy atom. The molecule has 100 valence electrons. The summed E-state index contributed by atoms with van der Waals surface area (Å²) in [6.45, 7) is 0. The van der Waals surface area contributed by atoms with Gasteiger partial charge in [0.25, 0.3) is 0 Å². The van der Waals surface area contributed by atoms with E-state index in [0.29, 0.717) is 0 Å². The zero-order chi connectivity index (χ0) is 13.9. The molecule has 2 N–H and O–H groups in total. The molecule has 2 aromatic carbocycles. The fraction of sp³-hybridized carbons (Fsp3) is 0.0667. The van der Waals surface area contributed by atoms with Crippen molar-refractivity contribution >= 4 is 33.9 Å². The molecule has 0 saturated carbocycles. The number of aromatic nitrogens is 2. The Balaban J connectivity index is 1.91. The number of rotatable bonds is 3. The maximum Gasteiger partial charge on any atom is 0.147 e. The molecule has 0 saturated heterocycles. The quantitative estimate of drug-likeness (QED) is 0.688. The lowest BCUT2D eigenvalue weighted by atomic mass is 10.1. The number of benzene rings is 2. The van der Waals surface area contributed by atoms with Crippen LogP contribution in [0.4, 0.5) is 0 Å². The van der Waals surface area contributed by atoms with Crippen LogP contribution in [0.15, 0.2) is 54.6 Å². The summed E-state index contributed by atoms with van der Waals surface area (Å²) in [6.07, 6.45) is 0. The van der Waals surface area contributed by atoms with Crippen molar-refractivity contribution in [3.63, 3.8) is 0 Å². The summed E-state index contributed by atoms with van der Waals surface area (Å²) in [5.74, 6) is 0. The van der Waals surface area contributed by atoms with Gasteiger partial charge in [0.15, 0.2) is 0 Å². The normalized spacial score (nSPS) is 12.3. The highest BCUT2D eigenvalue weighted by Gasteiger charge is 2.15. The SMILES string of the molecule is NC(c1ccccc1)c1nnc(-c2cccc(I)c2)s1. The molecule has 0 bridgehead atoms. The van der Waals surface area contributed by atoms with Crippen molar-refractivity contribution in [2.45, 2.75) is 6.04 Å². The molecule has 3 nitrogen and oxygen atoms in total. The zero-order valence-corrected chi connectivity index (χ0v) is 13.5. The van der Waals surface area contributed by atoms with Gasteiger partial charge in [0.1, 0.15) is 10.0 Å². The lowest BCUT2D eigenvalue weighted by Crippen LogP contribution is -2.11. The largest absolute Gasteiger partial charge is 0.318 e. The van der Waals surface area contributed by atoms with Crippen LogP contribution in [-0.4, -0.2) is 10.2 Å². The maximum atomic E-state index is 6.24. The van der Waals surface area contributed by atoms with Crippen molar-refractivity contribution in [2.75, 3.05) is 0 Å². The minimum Gasteiger partial charge on any atom is -0.318 e. The topological polar surface area (TPSA) is 51.8 Å². The molecule has 3 rings (SSSR count). The highest BCUT2D eigenvalue weighted by molar-refractivity contribution is 14.1. The number of hydrogen-bond acceptors (Lipinski definition) is 4. The van der Waals surface area contributed by atoms with Crippen LogP contribution >= 0.6 is 33.9 Å². The van der Waals surface area contributed by atoms with Crippen LogP contribution < -0.4 is 5.73 Å². The number of nitrogens with two attached hydrogens (primary N) is 1. The molecule has 5 heteroatoms. The second kappa shape index (κ2) is 5.99. The Morgan fingerprint density at radius 3 is 2.55 bits per heavy atom.